The van der Waals surface area contributed by atoms with Gasteiger partial charge in [0.25, 0.3) is 0 Å². The van der Waals surface area contributed by atoms with E-state index in [0.717, 1.165) is 22.7 Å². The Morgan fingerprint density at radius 2 is 0.929 bits per heavy atom. The maximum atomic E-state index is 2.50. The van der Waals surface area contributed by atoms with Crippen molar-refractivity contribution in [1.82, 2.24) is 4.57 Å². The van der Waals surface area contributed by atoms with Crippen molar-refractivity contribution in [3.8, 4) is 39.1 Å². The fraction of sp³-hybridized carbons (Fsp3) is 0.111. The lowest BCUT2D eigenvalue weighted by atomic mass is 9.82. The topological polar surface area (TPSA) is 8.17 Å². The van der Waals surface area contributed by atoms with Crippen LogP contribution in [0.3, 0.4) is 0 Å². The summed E-state index contributed by atoms with van der Waals surface area (Å²) >= 11 is 0. The quantitative estimate of drug-likeness (QED) is 0.172. The van der Waals surface area contributed by atoms with E-state index in [1.807, 2.05) is 0 Å². The molecule has 2 aliphatic carbocycles. The molecule has 1 aromatic heterocycles. The summed E-state index contributed by atoms with van der Waals surface area (Å²) in [5.74, 6) is 0. The second-order valence-electron chi connectivity index (χ2n) is 16.6. The van der Waals surface area contributed by atoms with Gasteiger partial charge in [-0.15, -0.1) is 0 Å². The Hall–Kier alpha value is -6.64. The molecule has 0 radical (unpaired) electrons. The lowest BCUT2D eigenvalue weighted by Gasteiger charge is -2.30. The maximum absolute atomic E-state index is 2.50. The van der Waals surface area contributed by atoms with E-state index in [1.54, 1.807) is 0 Å². The van der Waals surface area contributed by atoms with Crippen LogP contribution in [0, 0.1) is 0 Å². The minimum Gasteiger partial charge on any atom is -0.310 e. The Bertz CT molecular complexity index is 3030. The third-order valence-corrected chi connectivity index (χ3v) is 12.8. The Kier molecular flexibility index (Phi) is 6.98. The summed E-state index contributed by atoms with van der Waals surface area (Å²) in [6, 6.07) is 67.6. The Morgan fingerprint density at radius 3 is 1.71 bits per heavy atom. The van der Waals surface area contributed by atoms with E-state index in [1.165, 1.54) is 77.4 Å². The molecule has 0 N–H and O–H groups in total. The van der Waals surface area contributed by atoms with Crippen molar-refractivity contribution in [2.24, 2.45) is 0 Å². The number of para-hydroxylation sites is 3. The van der Waals surface area contributed by atoms with Crippen molar-refractivity contribution < 1.29 is 0 Å². The van der Waals surface area contributed by atoms with Gasteiger partial charge in [0.1, 0.15) is 0 Å². The summed E-state index contributed by atoms with van der Waals surface area (Å²) in [5.41, 5.74) is 20.0. The van der Waals surface area contributed by atoms with Gasteiger partial charge in [-0.3, -0.25) is 0 Å². The highest BCUT2D eigenvalue weighted by molar-refractivity contribution is 6.10. The predicted octanol–water partition coefficient (Wildman–Crippen LogP) is 14.5. The van der Waals surface area contributed by atoms with Gasteiger partial charge in [-0.1, -0.05) is 155 Å². The van der Waals surface area contributed by atoms with Crippen molar-refractivity contribution in [3.05, 3.63) is 204 Å². The van der Waals surface area contributed by atoms with E-state index >= 15 is 0 Å². The van der Waals surface area contributed by atoms with E-state index < -0.39 is 0 Å². The average molecular weight is 719 g/mol. The van der Waals surface area contributed by atoms with Crippen molar-refractivity contribution in [1.29, 1.82) is 0 Å². The van der Waals surface area contributed by atoms with Crippen molar-refractivity contribution in [2.45, 2.75) is 38.5 Å². The minimum atomic E-state index is -0.121. The van der Waals surface area contributed by atoms with Gasteiger partial charge in [0.05, 0.1) is 16.7 Å². The third-order valence-electron chi connectivity index (χ3n) is 12.8. The van der Waals surface area contributed by atoms with E-state index in [4.69, 9.17) is 0 Å². The molecular formula is C54H42N2. The largest absolute Gasteiger partial charge is 0.310 e. The summed E-state index contributed by atoms with van der Waals surface area (Å²) in [6.45, 7) is 9.45. The average Bonchev–Trinajstić information content (AvgIpc) is 3.78. The SMILES string of the molecule is CC1(C)c2ccccc2-c2cc(N(c3ccc4c(c3)C(C)(C)c3ccccc3-4)c3ccccc3-c3ccc4c5ccccc5n(-c5ccccc5)c4c3)ccc21. The zero-order valence-electron chi connectivity index (χ0n) is 32.2. The molecule has 0 unspecified atom stereocenters. The highest BCUT2D eigenvalue weighted by Gasteiger charge is 2.37. The molecule has 2 heteroatoms. The molecule has 0 amide bonds. The van der Waals surface area contributed by atoms with Gasteiger partial charge in [-0.05, 0) is 105 Å². The first-order valence-corrected chi connectivity index (χ1v) is 19.8. The van der Waals surface area contributed by atoms with Gasteiger partial charge >= 0.3 is 0 Å². The molecule has 8 aromatic carbocycles. The normalized spacial score (nSPS) is 14.4. The van der Waals surface area contributed by atoms with Crippen LogP contribution in [0.5, 0.6) is 0 Å². The molecule has 268 valence electrons. The summed E-state index contributed by atoms with van der Waals surface area (Å²) < 4.78 is 2.41. The number of fused-ring (bicyclic) bond motifs is 9. The van der Waals surface area contributed by atoms with Crippen LogP contribution in [0.25, 0.3) is 60.9 Å². The van der Waals surface area contributed by atoms with Gasteiger partial charge in [0, 0.05) is 44.2 Å². The van der Waals surface area contributed by atoms with E-state index in [0.29, 0.717) is 0 Å². The van der Waals surface area contributed by atoms with Crippen molar-refractivity contribution in [3.63, 3.8) is 0 Å². The van der Waals surface area contributed by atoms with E-state index in [9.17, 15) is 0 Å². The molecule has 0 bridgehead atoms. The number of anilines is 3. The van der Waals surface area contributed by atoms with E-state index in [2.05, 4.69) is 219 Å². The Balaban J connectivity index is 1.15. The van der Waals surface area contributed by atoms with Crippen LogP contribution in [0.15, 0.2) is 182 Å². The van der Waals surface area contributed by atoms with Gasteiger partial charge in [-0.25, -0.2) is 0 Å². The van der Waals surface area contributed by atoms with Gasteiger partial charge in [-0.2, -0.15) is 0 Å². The van der Waals surface area contributed by atoms with Gasteiger partial charge in [0.2, 0.25) is 0 Å². The molecule has 0 spiro atoms. The van der Waals surface area contributed by atoms with Crippen LogP contribution in [0.2, 0.25) is 0 Å². The number of hydrogen-bond donors (Lipinski definition) is 0. The monoisotopic (exact) mass is 718 g/mol. The molecule has 56 heavy (non-hydrogen) atoms. The van der Waals surface area contributed by atoms with E-state index in [-0.39, 0.29) is 10.8 Å². The second-order valence-corrected chi connectivity index (χ2v) is 16.6. The minimum absolute atomic E-state index is 0.0663. The number of hydrogen-bond acceptors (Lipinski definition) is 1. The highest BCUT2D eigenvalue weighted by atomic mass is 15.1. The van der Waals surface area contributed by atoms with Crippen LogP contribution in [0.1, 0.15) is 49.9 Å². The third kappa shape index (κ3) is 4.62. The fourth-order valence-electron chi connectivity index (χ4n) is 10.0. The smallest absolute Gasteiger partial charge is 0.0547 e. The number of rotatable bonds is 5. The molecule has 0 atom stereocenters. The zero-order valence-corrected chi connectivity index (χ0v) is 32.2. The molecule has 2 nitrogen and oxygen atoms in total. The second kappa shape index (κ2) is 11.9. The summed E-state index contributed by atoms with van der Waals surface area (Å²) in [4.78, 5) is 2.50. The number of aromatic nitrogens is 1. The lowest BCUT2D eigenvalue weighted by molar-refractivity contribution is 0.660. The van der Waals surface area contributed by atoms with Crippen molar-refractivity contribution >= 4 is 38.9 Å². The standard InChI is InChI=1S/C54H42N2/c1-53(2)47-23-13-9-20-41(47)45-33-37(28-31-48(45)53)55(38-27-30-42-40-19-8-12-22-46(40)54(3,4)49(42)34-38)50-24-14-10-18-39(50)35-26-29-44-43-21-11-15-25-51(43)56(52(44)32-35)36-16-6-5-7-17-36/h5-34H,1-4H3. The Labute approximate surface area is 328 Å². The first-order valence-electron chi connectivity index (χ1n) is 19.8. The molecule has 0 fully saturated rings. The molecule has 0 saturated carbocycles. The van der Waals surface area contributed by atoms with Crippen molar-refractivity contribution in [2.75, 3.05) is 4.90 Å². The van der Waals surface area contributed by atoms with Crippen LogP contribution in [-0.2, 0) is 10.8 Å². The van der Waals surface area contributed by atoms with Gasteiger partial charge in [0.15, 0.2) is 0 Å². The summed E-state index contributed by atoms with van der Waals surface area (Å²) in [7, 11) is 0. The maximum Gasteiger partial charge on any atom is 0.0547 e. The number of benzene rings is 8. The van der Waals surface area contributed by atoms with Crippen LogP contribution in [0.4, 0.5) is 17.1 Å². The molecule has 1 heterocycles. The lowest BCUT2D eigenvalue weighted by Crippen LogP contribution is -2.17. The summed E-state index contributed by atoms with van der Waals surface area (Å²) in [5, 5.41) is 2.51. The predicted molar refractivity (Wildman–Crippen MR) is 236 cm³/mol. The molecule has 9 aromatic rings. The highest BCUT2D eigenvalue weighted by Crippen LogP contribution is 2.54. The molecule has 0 aliphatic heterocycles. The van der Waals surface area contributed by atoms with Crippen LogP contribution in [-0.4, -0.2) is 4.57 Å². The van der Waals surface area contributed by atoms with Crippen LogP contribution < -0.4 is 4.90 Å². The number of nitrogens with zero attached hydrogens (tertiary/aromatic N) is 2. The molecule has 0 saturated heterocycles. The fourth-order valence-corrected chi connectivity index (χ4v) is 10.0. The van der Waals surface area contributed by atoms with Crippen LogP contribution >= 0.6 is 0 Å². The zero-order chi connectivity index (χ0) is 37.8. The molecular weight excluding hydrogens is 677 g/mol. The molecule has 11 rings (SSSR count). The Morgan fingerprint density at radius 1 is 0.375 bits per heavy atom. The summed E-state index contributed by atoms with van der Waals surface area (Å²) in [6.07, 6.45) is 0. The first-order chi connectivity index (χ1) is 27.3. The molecule has 2 aliphatic rings. The van der Waals surface area contributed by atoms with Gasteiger partial charge < -0.3 is 9.47 Å². The first kappa shape index (κ1) is 32.8.